The fraction of sp³-hybridized carbons (Fsp3) is 0.750. The van der Waals surface area contributed by atoms with E-state index in [0.29, 0.717) is 37.0 Å². The number of allylic oxidation sites excluding steroid dienone is 4. The van der Waals surface area contributed by atoms with E-state index in [1.54, 1.807) is 6.92 Å². The quantitative estimate of drug-likeness (QED) is 0.512. The normalized spacial score (nSPS) is 39.7. The summed E-state index contributed by atoms with van der Waals surface area (Å²) in [5, 5.41) is 30.6. The number of hydrogen-bond donors (Lipinski definition) is 3. The third-order valence-electron chi connectivity index (χ3n) is 9.40. The van der Waals surface area contributed by atoms with E-state index >= 15 is 0 Å². The lowest BCUT2D eigenvalue weighted by atomic mass is 9.61. The Morgan fingerprint density at radius 3 is 2.38 bits per heavy atom. The molecule has 0 unspecified atom stereocenters. The standard InChI is InChI=1S/C28H42O4/c1-18(6-11-26(32)28(13-14-28)19(2)29)24-9-10-25-21(5-4-12-27(24,25)3)8-7-20-15-22(30)17-23(31)16-20/h6-8,11,18,22-26,30-32H,4-5,9-10,12-17H2,1-3H3/t18-,22-,23-,24-,25+,26-,27-/m1/s1. The summed E-state index contributed by atoms with van der Waals surface area (Å²) in [6.07, 6.45) is 16.5. The zero-order valence-electron chi connectivity index (χ0n) is 20.1. The minimum absolute atomic E-state index is 0.115. The molecule has 7 atom stereocenters. The van der Waals surface area contributed by atoms with Gasteiger partial charge in [-0.3, -0.25) is 4.79 Å². The van der Waals surface area contributed by atoms with Crippen molar-refractivity contribution < 1.29 is 20.1 Å². The SMILES string of the molecule is CC(=O)C1([C@H](O)C=C[C@@H](C)[C@H]2CC[C@H]3C(=CC=C4C[C@@H](O)C[C@H](O)C4)CCC[C@]23C)CC1. The highest BCUT2D eigenvalue weighted by molar-refractivity contribution is 5.86. The Morgan fingerprint density at radius 2 is 1.75 bits per heavy atom. The highest BCUT2D eigenvalue weighted by Gasteiger charge is 2.53. The van der Waals surface area contributed by atoms with Gasteiger partial charge < -0.3 is 15.3 Å². The molecule has 4 heteroatoms. The van der Waals surface area contributed by atoms with Gasteiger partial charge in [-0.15, -0.1) is 0 Å². The Labute approximate surface area is 193 Å². The van der Waals surface area contributed by atoms with Crippen LogP contribution in [0.25, 0.3) is 0 Å². The van der Waals surface area contributed by atoms with Gasteiger partial charge in [0.1, 0.15) is 5.78 Å². The molecule has 0 aromatic rings. The van der Waals surface area contributed by atoms with Gasteiger partial charge in [0.05, 0.1) is 23.7 Å². The summed E-state index contributed by atoms with van der Waals surface area (Å²) in [7, 11) is 0. The van der Waals surface area contributed by atoms with Crippen LogP contribution in [0.5, 0.6) is 0 Å². The summed E-state index contributed by atoms with van der Waals surface area (Å²) in [4.78, 5) is 11.9. The van der Waals surface area contributed by atoms with Crippen molar-refractivity contribution in [3.05, 3.63) is 35.5 Å². The van der Waals surface area contributed by atoms with E-state index < -0.39 is 23.7 Å². The fourth-order valence-electron chi connectivity index (χ4n) is 7.26. The maximum Gasteiger partial charge on any atom is 0.138 e. The second kappa shape index (κ2) is 9.19. The van der Waals surface area contributed by atoms with Crippen LogP contribution >= 0.6 is 0 Å². The van der Waals surface area contributed by atoms with E-state index in [2.05, 4.69) is 32.1 Å². The van der Waals surface area contributed by atoms with Crippen LogP contribution in [-0.4, -0.2) is 39.4 Å². The molecule has 3 N–H and O–H groups in total. The summed E-state index contributed by atoms with van der Waals surface area (Å²) >= 11 is 0. The molecule has 4 fully saturated rings. The highest BCUT2D eigenvalue weighted by atomic mass is 16.3. The molecule has 4 rings (SSSR count). The Balaban J connectivity index is 1.45. The third kappa shape index (κ3) is 4.56. The molecule has 178 valence electrons. The van der Waals surface area contributed by atoms with Crippen LogP contribution in [0.1, 0.15) is 85.0 Å². The van der Waals surface area contributed by atoms with E-state index in [-0.39, 0.29) is 11.2 Å². The summed E-state index contributed by atoms with van der Waals surface area (Å²) in [5.41, 5.74) is 2.46. The molecule has 4 aliphatic carbocycles. The molecular weight excluding hydrogens is 400 g/mol. The summed E-state index contributed by atoms with van der Waals surface area (Å²) < 4.78 is 0. The van der Waals surface area contributed by atoms with Gasteiger partial charge >= 0.3 is 0 Å². The molecule has 0 heterocycles. The number of hydrogen-bond acceptors (Lipinski definition) is 4. The Hall–Kier alpha value is -1.23. The van der Waals surface area contributed by atoms with Crippen molar-refractivity contribution in [3.8, 4) is 0 Å². The van der Waals surface area contributed by atoms with Crippen LogP contribution in [0.4, 0.5) is 0 Å². The molecule has 0 spiro atoms. The summed E-state index contributed by atoms with van der Waals surface area (Å²) in [6, 6.07) is 0. The van der Waals surface area contributed by atoms with E-state index in [1.807, 2.05) is 6.08 Å². The average Bonchev–Trinajstić information content (AvgIpc) is 3.46. The first kappa shape index (κ1) is 23.9. The number of fused-ring (bicyclic) bond motifs is 1. The molecule has 0 saturated heterocycles. The van der Waals surface area contributed by atoms with Gasteiger partial charge in [-0.2, -0.15) is 0 Å². The van der Waals surface area contributed by atoms with Gasteiger partial charge in [0.15, 0.2) is 0 Å². The largest absolute Gasteiger partial charge is 0.393 e. The van der Waals surface area contributed by atoms with Crippen molar-refractivity contribution in [2.45, 2.75) is 103 Å². The summed E-state index contributed by atoms with van der Waals surface area (Å²) in [5.74, 6) is 1.66. The molecule has 0 bridgehead atoms. The molecule has 0 aliphatic heterocycles. The van der Waals surface area contributed by atoms with E-state index in [0.717, 1.165) is 24.8 Å². The number of rotatable bonds is 6. The molecule has 32 heavy (non-hydrogen) atoms. The molecular formula is C28H42O4. The Bertz CT molecular complexity index is 792. The molecule has 4 aliphatic rings. The predicted octanol–water partition coefficient (Wildman–Crippen LogP) is 4.88. The molecule has 0 amide bonds. The van der Waals surface area contributed by atoms with E-state index in [1.165, 1.54) is 31.3 Å². The predicted molar refractivity (Wildman–Crippen MR) is 127 cm³/mol. The first-order valence-corrected chi connectivity index (χ1v) is 12.8. The maximum atomic E-state index is 11.9. The average molecular weight is 443 g/mol. The van der Waals surface area contributed by atoms with Crippen LogP contribution in [0.2, 0.25) is 0 Å². The molecule has 0 aromatic carbocycles. The van der Waals surface area contributed by atoms with Crippen molar-refractivity contribution in [1.29, 1.82) is 0 Å². The minimum Gasteiger partial charge on any atom is -0.393 e. The lowest BCUT2D eigenvalue weighted by molar-refractivity contribution is -0.124. The highest BCUT2D eigenvalue weighted by Crippen LogP contribution is 2.59. The molecule has 0 radical (unpaired) electrons. The third-order valence-corrected chi connectivity index (χ3v) is 9.40. The molecule has 4 saturated carbocycles. The smallest absolute Gasteiger partial charge is 0.138 e. The Morgan fingerprint density at radius 1 is 1.06 bits per heavy atom. The summed E-state index contributed by atoms with van der Waals surface area (Å²) in [6.45, 7) is 6.35. The zero-order chi connectivity index (χ0) is 23.1. The van der Waals surface area contributed by atoms with Crippen LogP contribution in [-0.2, 0) is 4.79 Å². The number of carbonyl (C=O) groups excluding carboxylic acids is 1. The van der Waals surface area contributed by atoms with Crippen LogP contribution in [0, 0.1) is 28.6 Å². The van der Waals surface area contributed by atoms with Gasteiger partial charge in [0, 0.05) is 0 Å². The van der Waals surface area contributed by atoms with Gasteiger partial charge in [-0.05, 0) is 94.3 Å². The first-order chi connectivity index (χ1) is 15.2. The van der Waals surface area contributed by atoms with Gasteiger partial charge in [0.2, 0.25) is 0 Å². The second-order valence-electron chi connectivity index (χ2n) is 11.5. The number of ketones is 1. The Kier molecular flexibility index (Phi) is 6.87. The van der Waals surface area contributed by atoms with Crippen LogP contribution < -0.4 is 0 Å². The topological polar surface area (TPSA) is 77.8 Å². The zero-order valence-corrected chi connectivity index (χ0v) is 20.1. The van der Waals surface area contributed by atoms with Crippen LogP contribution in [0.15, 0.2) is 35.5 Å². The van der Waals surface area contributed by atoms with E-state index in [9.17, 15) is 20.1 Å². The van der Waals surface area contributed by atoms with Gasteiger partial charge in [-0.25, -0.2) is 0 Å². The maximum absolute atomic E-state index is 11.9. The van der Waals surface area contributed by atoms with Crippen molar-refractivity contribution in [3.63, 3.8) is 0 Å². The van der Waals surface area contributed by atoms with Crippen molar-refractivity contribution in [1.82, 2.24) is 0 Å². The van der Waals surface area contributed by atoms with E-state index in [4.69, 9.17) is 0 Å². The number of carbonyl (C=O) groups is 1. The van der Waals surface area contributed by atoms with Gasteiger partial charge in [-0.1, -0.05) is 49.3 Å². The first-order valence-electron chi connectivity index (χ1n) is 12.8. The fourth-order valence-corrected chi connectivity index (χ4v) is 7.26. The molecule has 4 nitrogen and oxygen atoms in total. The lowest BCUT2D eigenvalue weighted by Crippen LogP contribution is -2.35. The molecule has 0 aromatic heterocycles. The van der Waals surface area contributed by atoms with Crippen molar-refractivity contribution in [2.75, 3.05) is 0 Å². The monoisotopic (exact) mass is 442 g/mol. The number of aliphatic hydroxyl groups excluding tert-OH is 3. The van der Waals surface area contributed by atoms with Crippen molar-refractivity contribution >= 4 is 5.78 Å². The number of Topliss-reactive ketones (excluding diaryl/α,β-unsaturated/α-hetero) is 1. The van der Waals surface area contributed by atoms with Crippen LogP contribution in [0.3, 0.4) is 0 Å². The van der Waals surface area contributed by atoms with Gasteiger partial charge in [0.25, 0.3) is 0 Å². The minimum atomic E-state index is -0.651. The second-order valence-corrected chi connectivity index (χ2v) is 11.5. The lowest BCUT2D eigenvalue weighted by Gasteiger charge is -2.44. The number of aliphatic hydroxyl groups is 3. The van der Waals surface area contributed by atoms with Crippen molar-refractivity contribution in [2.24, 2.45) is 28.6 Å².